The zero-order chi connectivity index (χ0) is 18.4. The minimum absolute atomic E-state index is 0.189. The van der Waals surface area contributed by atoms with Gasteiger partial charge in [0, 0.05) is 30.1 Å². The fourth-order valence-electron chi connectivity index (χ4n) is 2.45. The van der Waals surface area contributed by atoms with Crippen molar-refractivity contribution in [3.63, 3.8) is 0 Å². The highest BCUT2D eigenvalue weighted by atomic mass is 19.1. The van der Waals surface area contributed by atoms with Gasteiger partial charge in [-0.15, -0.1) is 0 Å². The van der Waals surface area contributed by atoms with Crippen LogP contribution in [-0.4, -0.2) is 10.9 Å². The van der Waals surface area contributed by atoms with Crippen LogP contribution in [0.4, 0.5) is 4.39 Å². The van der Waals surface area contributed by atoms with Crippen molar-refractivity contribution in [1.29, 1.82) is 0 Å². The number of hydrogen-bond acceptors (Lipinski definition) is 3. The Morgan fingerprint density at radius 1 is 1.12 bits per heavy atom. The van der Waals surface area contributed by atoms with E-state index in [2.05, 4.69) is 10.3 Å². The lowest BCUT2D eigenvalue weighted by Gasteiger charge is -2.09. The maximum Gasteiger partial charge on any atom is 0.251 e. The molecule has 132 valence electrons. The van der Waals surface area contributed by atoms with Gasteiger partial charge in [0.25, 0.3) is 5.91 Å². The molecule has 26 heavy (non-hydrogen) atoms. The molecule has 0 aliphatic carbocycles. The summed E-state index contributed by atoms with van der Waals surface area (Å²) in [6.07, 6.45) is 3.46. The van der Waals surface area contributed by atoms with Gasteiger partial charge in [-0.25, -0.2) is 4.39 Å². The summed E-state index contributed by atoms with van der Waals surface area (Å²) in [7, 11) is 0. The number of hydrogen-bond donors (Lipinski definition) is 1. The van der Waals surface area contributed by atoms with Gasteiger partial charge in [0.05, 0.1) is 0 Å². The Bertz CT molecular complexity index is 880. The van der Waals surface area contributed by atoms with E-state index >= 15 is 0 Å². The second-order valence-electron chi connectivity index (χ2n) is 5.94. The summed E-state index contributed by atoms with van der Waals surface area (Å²) in [6, 6.07) is 15.5. The number of aromatic nitrogens is 1. The van der Waals surface area contributed by atoms with E-state index in [0.717, 1.165) is 11.1 Å². The molecule has 0 radical (unpaired) electrons. The van der Waals surface area contributed by atoms with E-state index in [4.69, 9.17) is 4.74 Å². The summed E-state index contributed by atoms with van der Waals surface area (Å²) in [5, 5.41) is 2.83. The van der Waals surface area contributed by atoms with Gasteiger partial charge >= 0.3 is 0 Å². The van der Waals surface area contributed by atoms with Crippen LogP contribution < -0.4 is 10.1 Å². The number of ether oxygens (including phenoxy) is 1. The predicted molar refractivity (Wildman–Crippen MR) is 97.3 cm³/mol. The molecule has 1 N–H and O–H groups in total. The first-order valence-corrected chi connectivity index (χ1v) is 8.27. The first-order chi connectivity index (χ1) is 12.6. The highest BCUT2D eigenvalue weighted by Gasteiger charge is 2.07. The number of carbonyl (C=O) groups excluding carboxylic acids is 1. The van der Waals surface area contributed by atoms with Gasteiger partial charge in [-0.2, -0.15) is 0 Å². The summed E-state index contributed by atoms with van der Waals surface area (Å²) in [5.41, 5.74) is 2.93. The molecule has 0 aliphatic rings. The summed E-state index contributed by atoms with van der Waals surface area (Å²) < 4.78 is 18.9. The SMILES string of the molecule is Cc1cc(CNC(=O)c2ccc(OCc3cccnc3)cc2)ccc1F. The average Bonchev–Trinajstić information content (AvgIpc) is 2.68. The molecular formula is C21H19FN2O2. The molecule has 0 saturated heterocycles. The molecule has 0 unspecified atom stereocenters. The van der Waals surface area contributed by atoms with Crippen LogP contribution in [0.3, 0.4) is 0 Å². The maximum absolute atomic E-state index is 13.3. The Kier molecular flexibility index (Phi) is 5.59. The summed E-state index contributed by atoms with van der Waals surface area (Å²) in [5.74, 6) is 0.243. The van der Waals surface area contributed by atoms with E-state index in [1.54, 1.807) is 55.7 Å². The van der Waals surface area contributed by atoms with Crippen molar-refractivity contribution in [3.05, 3.63) is 95.1 Å². The summed E-state index contributed by atoms with van der Waals surface area (Å²) >= 11 is 0. The van der Waals surface area contributed by atoms with E-state index in [9.17, 15) is 9.18 Å². The molecule has 0 atom stereocenters. The summed E-state index contributed by atoms with van der Waals surface area (Å²) in [4.78, 5) is 16.3. The van der Waals surface area contributed by atoms with Crippen molar-refractivity contribution in [2.75, 3.05) is 0 Å². The first kappa shape index (κ1) is 17.6. The zero-order valence-corrected chi connectivity index (χ0v) is 14.4. The standard InChI is InChI=1S/C21H19FN2O2/c1-15-11-16(4-9-20(15)22)13-24-21(25)18-5-7-19(8-6-18)26-14-17-3-2-10-23-12-17/h2-12H,13-14H2,1H3,(H,24,25). The second kappa shape index (κ2) is 8.25. The number of nitrogens with zero attached hydrogens (tertiary/aromatic N) is 1. The molecular weight excluding hydrogens is 331 g/mol. The number of carbonyl (C=O) groups is 1. The molecule has 4 nitrogen and oxygen atoms in total. The van der Waals surface area contributed by atoms with Gasteiger partial charge in [-0.1, -0.05) is 18.2 Å². The normalized spacial score (nSPS) is 10.4. The number of amides is 1. The molecule has 0 aliphatic heterocycles. The van der Waals surface area contributed by atoms with Gasteiger partial charge in [0.15, 0.2) is 0 Å². The third-order valence-corrected chi connectivity index (χ3v) is 3.92. The van der Waals surface area contributed by atoms with Crippen LogP contribution in [0.25, 0.3) is 0 Å². The lowest BCUT2D eigenvalue weighted by Crippen LogP contribution is -2.22. The monoisotopic (exact) mass is 350 g/mol. The second-order valence-corrected chi connectivity index (χ2v) is 5.94. The molecule has 0 bridgehead atoms. The Balaban J connectivity index is 1.54. The van der Waals surface area contributed by atoms with Gasteiger partial charge in [0.1, 0.15) is 18.2 Å². The minimum atomic E-state index is -0.248. The zero-order valence-electron chi connectivity index (χ0n) is 14.4. The van der Waals surface area contributed by atoms with Crippen LogP contribution in [0.15, 0.2) is 67.0 Å². The van der Waals surface area contributed by atoms with Crippen LogP contribution >= 0.6 is 0 Å². The van der Waals surface area contributed by atoms with E-state index < -0.39 is 0 Å². The lowest BCUT2D eigenvalue weighted by molar-refractivity contribution is 0.0951. The Hall–Kier alpha value is -3.21. The minimum Gasteiger partial charge on any atom is -0.489 e. The van der Waals surface area contributed by atoms with E-state index in [1.807, 2.05) is 12.1 Å². The molecule has 1 aromatic heterocycles. The number of rotatable bonds is 6. The number of halogens is 1. The Labute approximate surface area is 151 Å². The van der Waals surface area contributed by atoms with Crippen LogP contribution in [0.1, 0.15) is 27.0 Å². The van der Waals surface area contributed by atoms with Crippen LogP contribution in [0, 0.1) is 12.7 Å². The van der Waals surface area contributed by atoms with E-state index in [1.165, 1.54) is 6.07 Å². The van der Waals surface area contributed by atoms with Crippen LogP contribution in [0.2, 0.25) is 0 Å². The summed E-state index contributed by atoms with van der Waals surface area (Å²) in [6.45, 7) is 2.47. The van der Waals surface area contributed by atoms with Crippen molar-refractivity contribution in [2.45, 2.75) is 20.1 Å². The largest absolute Gasteiger partial charge is 0.489 e. The molecule has 3 rings (SSSR count). The van der Waals surface area contributed by atoms with E-state index in [-0.39, 0.29) is 11.7 Å². The fraction of sp³-hybridized carbons (Fsp3) is 0.143. The van der Waals surface area contributed by atoms with Crippen LogP contribution in [0.5, 0.6) is 5.75 Å². The average molecular weight is 350 g/mol. The molecule has 1 heterocycles. The lowest BCUT2D eigenvalue weighted by atomic mass is 10.1. The molecule has 3 aromatic rings. The molecule has 0 fully saturated rings. The van der Waals surface area contributed by atoms with Gasteiger partial charge < -0.3 is 10.1 Å². The highest BCUT2D eigenvalue weighted by molar-refractivity contribution is 5.94. The molecule has 5 heteroatoms. The highest BCUT2D eigenvalue weighted by Crippen LogP contribution is 2.14. The molecule has 0 saturated carbocycles. The number of benzene rings is 2. The topological polar surface area (TPSA) is 51.2 Å². The Morgan fingerprint density at radius 3 is 2.62 bits per heavy atom. The van der Waals surface area contributed by atoms with Crippen molar-refractivity contribution < 1.29 is 13.9 Å². The van der Waals surface area contributed by atoms with Crippen molar-refractivity contribution in [3.8, 4) is 5.75 Å². The number of pyridine rings is 1. The quantitative estimate of drug-likeness (QED) is 0.730. The first-order valence-electron chi connectivity index (χ1n) is 8.27. The molecule has 2 aromatic carbocycles. The number of aryl methyl sites for hydroxylation is 1. The van der Waals surface area contributed by atoms with E-state index in [0.29, 0.717) is 30.0 Å². The van der Waals surface area contributed by atoms with Gasteiger partial charge in [0.2, 0.25) is 0 Å². The van der Waals surface area contributed by atoms with Crippen molar-refractivity contribution in [2.24, 2.45) is 0 Å². The smallest absolute Gasteiger partial charge is 0.251 e. The number of nitrogens with one attached hydrogen (secondary N) is 1. The van der Waals surface area contributed by atoms with Crippen molar-refractivity contribution >= 4 is 5.91 Å². The maximum atomic E-state index is 13.3. The Morgan fingerprint density at radius 2 is 1.92 bits per heavy atom. The molecule has 1 amide bonds. The fourth-order valence-corrected chi connectivity index (χ4v) is 2.45. The van der Waals surface area contributed by atoms with Gasteiger partial charge in [-0.3, -0.25) is 9.78 Å². The predicted octanol–water partition coefficient (Wildman–Crippen LogP) is 4.04. The van der Waals surface area contributed by atoms with Gasteiger partial charge in [-0.05, 0) is 54.4 Å². The van der Waals surface area contributed by atoms with Crippen molar-refractivity contribution in [1.82, 2.24) is 10.3 Å². The third-order valence-electron chi connectivity index (χ3n) is 3.92. The molecule has 0 spiro atoms. The third kappa shape index (κ3) is 4.66. The van der Waals surface area contributed by atoms with Crippen LogP contribution in [-0.2, 0) is 13.2 Å².